The molecule has 1 aliphatic carbocycles. The fourth-order valence-electron chi connectivity index (χ4n) is 3.04. The van der Waals surface area contributed by atoms with Crippen LogP contribution in [0.15, 0.2) is 18.2 Å². The van der Waals surface area contributed by atoms with Gasteiger partial charge in [0.25, 0.3) is 5.91 Å². The molecule has 1 aliphatic heterocycles. The summed E-state index contributed by atoms with van der Waals surface area (Å²) >= 11 is 5.84. The predicted octanol–water partition coefficient (Wildman–Crippen LogP) is 1.26. The van der Waals surface area contributed by atoms with E-state index in [2.05, 4.69) is 0 Å². The van der Waals surface area contributed by atoms with Gasteiger partial charge in [0.1, 0.15) is 0 Å². The van der Waals surface area contributed by atoms with Gasteiger partial charge in [0.15, 0.2) is 16.4 Å². The van der Waals surface area contributed by atoms with E-state index < -0.39 is 22.4 Å². The topological polar surface area (TPSA) is 107 Å². The maximum atomic E-state index is 12.5. The molecule has 1 saturated carbocycles. The van der Waals surface area contributed by atoms with Gasteiger partial charge >= 0.3 is 5.97 Å². The second-order valence-electron chi connectivity index (χ2n) is 6.40. The highest BCUT2D eigenvalue weighted by atomic mass is 35.5. The molecular formula is C16H19ClN2O5S. The molecule has 7 nitrogen and oxygen atoms in total. The van der Waals surface area contributed by atoms with Crippen LogP contribution >= 0.6 is 11.6 Å². The lowest BCUT2D eigenvalue weighted by atomic mass is 10.2. The molecule has 2 fully saturated rings. The second kappa shape index (κ2) is 6.84. The minimum absolute atomic E-state index is 0.0234. The summed E-state index contributed by atoms with van der Waals surface area (Å²) in [5.41, 5.74) is 6.03. The monoisotopic (exact) mass is 386 g/mol. The number of benzene rings is 1. The lowest BCUT2D eigenvalue weighted by Crippen LogP contribution is -2.44. The van der Waals surface area contributed by atoms with E-state index in [0.29, 0.717) is 11.4 Å². The van der Waals surface area contributed by atoms with Gasteiger partial charge < -0.3 is 15.4 Å². The van der Waals surface area contributed by atoms with E-state index in [0.717, 1.165) is 12.8 Å². The van der Waals surface area contributed by atoms with Crippen molar-refractivity contribution in [3.63, 3.8) is 0 Å². The number of hydrogen-bond acceptors (Lipinski definition) is 6. The Balaban J connectivity index is 1.64. The number of hydrogen-bond donors (Lipinski definition) is 1. The number of anilines is 1. The van der Waals surface area contributed by atoms with Crippen molar-refractivity contribution in [2.24, 2.45) is 0 Å². The molecule has 2 N–H and O–H groups in total. The molecule has 1 saturated heterocycles. The number of carbonyl (C=O) groups is 2. The van der Waals surface area contributed by atoms with Gasteiger partial charge in [-0.3, -0.25) is 4.79 Å². The van der Waals surface area contributed by atoms with Gasteiger partial charge in [-0.2, -0.15) is 0 Å². The third-order valence-corrected chi connectivity index (χ3v) is 6.38. The summed E-state index contributed by atoms with van der Waals surface area (Å²) in [4.78, 5) is 26.2. The fraction of sp³-hybridized carbons (Fsp3) is 0.500. The quantitative estimate of drug-likeness (QED) is 0.603. The van der Waals surface area contributed by atoms with Gasteiger partial charge in [-0.15, -0.1) is 0 Å². The fourth-order valence-corrected chi connectivity index (χ4v) is 4.92. The summed E-state index contributed by atoms with van der Waals surface area (Å²) in [5, 5.41) is 0.336. The van der Waals surface area contributed by atoms with Crippen LogP contribution in [0.3, 0.4) is 0 Å². The van der Waals surface area contributed by atoms with Crippen molar-refractivity contribution in [3.8, 4) is 0 Å². The number of nitrogens with two attached hydrogens (primary N) is 1. The van der Waals surface area contributed by atoms with Crippen molar-refractivity contribution in [1.29, 1.82) is 0 Å². The SMILES string of the molecule is Nc1ccc(Cl)cc1C(=O)OCC(=O)N(C1CC1)[C@H]1CCS(=O)(=O)C1. The molecule has 0 aromatic heterocycles. The molecule has 1 aromatic rings. The zero-order chi connectivity index (χ0) is 18.2. The maximum absolute atomic E-state index is 12.5. The molecule has 0 bridgehead atoms. The average molecular weight is 387 g/mol. The Bertz CT molecular complexity index is 807. The highest BCUT2D eigenvalue weighted by molar-refractivity contribution is 7.91. The van der Waals surface area contributed by atoms with Crippen LogP contribution in [-0.2, 0) is 19.4 Å². The standard InChI is InChI=1S/C16H19ClN2O5S/c17-10-1-4-14(18)13(7-10)16(21)24-8-15(20)19(11-2-3-11)12-5-6-25(22,23)9-12/h1,4,7,11-12H,2-3,5-6,8-9,18H2/t12-/m0/s1. The molecule has 1 atom stereocenters. The lowest BCUT2D eigenvalue weighted by molar-refractivity contribution is -0.137. The van der Waals surface area contributed by atoms with E-state index in [9.17, 15) is 18.0 Å². The van der Waals surface area contributed by atoms with Crippen LogP contribution in [0.2, 0.25) is 5.02 Å². The Morgan fingerprint density at radius 1 is 1.24 bits per heavy atom. The van der Waals surface area contributed by atoms with E-state index in [4.69, 9.17) is 22.1 Å². The van der Waals surface area contributed by atoms with Crippen LogP contribution in [-0.4, -0.2) is 55.4 Å². The first-order valence-corrected chi connectivity index (χ1v) is 10.2. The molecule has 2 aliphatic rings. The van der Waals surface area contributed by atoms with E-state index in [1.807, 2.05) is 0 Å². The molecule has 136 valence electrons. The number of halogens is 1. The molecule has 0 unspecified atom stereocenters. The highest BCUT2D eigenvalue weighted by Gasteiger charge is 2.42. The van der Waals surface area contributed by atoms with Gasteiger partial charge in [-0.25, -0.2) is 13.2 Å². The average Bonchev–Trinajstić information content (AvgIpc) is 3.31. The molecular weight excluding hydrogens is 368 g/mol. The third-order valence-electron chi connectivity index (χ3n) is 4.39. The van der Waals surface area contributed by atoms with E-state index in [1.54, 1.807) is 11.0 Å². The van der Waals surface area contributed by atoms with Crippen LogP contribution in [0, 0.1) is 0 Å². The summed E-state index contributed by atoms with van der Waals surface area (Å²) in [6.07, 6.45) is 2.12. The van der Waals surface area contributed by atoms with Gasteiger partial charge in [0.05, 0.1) is 17.1 Å². The molecule has 3 rings (SSSR count). The number of ether oxygens (including phenoxy) is 1. The van der Waals surface area contributed by atoms with E-state index in [-0.39, 0.29) is 40.7 Å². The van der Waals surface area contributed by atoms with Crippen LogP contribution in [0.1, 0.15) is 29.6 Å². The lowest BCUT2D eigenvalue weighted by Gasteiger charge is -2.28. The number of nitrogens with zero attached hydrogens (tertiary/aromatic N) is 1. The normalized spacial score (nSPS) is 21.7. The summed E-state index contributed by atoms with van der Waals surface area (Å²) in [6, 6.07) is 4.13. The molecule has 1 aromatic carbocycles. The largest absolute Gasteiger partial charge is 0.452 e. The summed E-state index contributed by atoms with van der Waals surface area (Å²) in [7, 11) is -3.10. The minimum atomic E-state index is -3.10. The predicted molar refractivity (Wildman–Crippen MR) is 93.1 cm³/mol. The number of amides is 1. The molecule has 25 heavy (non-hydrogen) atoms. The Morgan fingerprint density at radius 2 is 1.96 bits per heavy atom. The second-order valence-corrected chi connectivity index (χ2v) is 9.06. The van der Waals surface area contributed by atoms with Gasteiger partial charge in [-0.05, 0) is 37.5 Å². The van der Waals surface area contributed by atoms with Crippen LogP contribution in [0.5, 0.6) is 0 Å². The van der Waals surface area contributed by atoms with E-state index in [1.165, 1.54) is 12.1 Å². The minimum Gasteiger partial charge on any atom is -0.452 e. The van der Waals surface area contributed by atoms with Crippen LogP contribution in [0.25, 0.3) is 0 Å². The maximum Gasteiger partial charge on any atom is 0.340 e. The first-order chi connectivity index (χ1) is 11.8. The first-order valence-electron chi connectivity index (χ1n) is 8.00. The van der Waals surface area contributed by atoms with Crippen LogP contribution < -0.4 is 5.73 Å². The van der Waals surface area contributed by atoms with Gasteiger partial charge in [-0.1, -0.05) is 11.6 Å². The smallest absolute Gasteiger partial charge is 0.340 e. The summed E-state index contributed by atoms with van der Waals surface area (Å²) in [6.45, 7) is -0.447. The van der Waals surface area contributed by atoms with Crippen molar-refractivity contribution in [3.05, 3.63) is 28.8 Å². The number of sulfone groups is 1. The Morgan fingerprint density at radius 3 is 2.56 bits per heavy atom. The van der Waals surface area contributed by atoms with Crippen LogP contribution in [0.4, 0.5) is 5.69 Å². The molecule has 0 radical (unpaired) electrons. The summed E-state index contributed by atoms with van der Waals surface area (Å²) < 4.78 is 28.4. The van der Waals surface area contributed by atoms with Gasteiger partial charge in [0.2, 0.25) is 0 Å². The van der Waals surface area contributed by atoms with Crippen molar-refractivity contribution < 1.29 is 22.7 Å². The highest BCUT2D eigenvalue weighted by Crippen LogP contribution is 2.32. The van der Waals surface area contributed by atoms with Crippen molar-refractivity contribution >= 4 is 39.0 Å². The third kappa shape index (κ3) is 4.24. The Hall–Kier alpha value is -1.80. The summed E-state index contributed by atoms with van der Waals surface area (Å²) in [5.74, 6) is -1.04. The molecule has 9 heteroatoms. The number of nitrogen functional groups attached to an aromatic ring is 1. The first kappa shape index (κ1) is 18.0. The number of carbonyl (C=O) groups excluding carboxylic acids is 2. The van der Waals surface area contributed by atoms with E-state index >= 15 is 0 Å². The number of esters is 1. The Labute approximate surface area is 151 Å². The molecule has 0 spiro atoms. The zero-order valence-electron chi connectivity index (χ0n) is 13.5. The van der Waals surface area contributed by atoms with Crippen molar-refractivity contribution in [2.45, 2.75) is 31.3 Å². The van der Waals surface area contributed by atoms with Gasteiger partial charge in [0, 0.05) is 22.8 Å². The number of rotatable bonds is 5. The van der Waals surface area contributed by atoms with Crippen molar-refractivity contribution in [2.75, 3.05) is 23.8 Å². The van der Waals surface area contributed by atoms with Crippen molar-refractivity contribution in [1.82, 2.24) is 4.90 Å². The molecule has 1 heterocycles. The zero-order valence-corrected chi connectivity index (χ0v) is 15.1. The molecule has 1 amide bonds. The Kier molecular flexibility index (Phi) is 4.92.